The van der Waals surface area contributed by atoms with Gasteiger partial charge in [0.1, 0.15) is 5.52 Å². The van der Waals surface area contributed by atoms with E-state index in [-0.39, 0.29) is 24.3 Å². The normalized spacial score (nSPS) is 21.7. The zero-order valence-electron chi connectivity index (χ0n) is 13.6. The zero-order chi connectivity index (χ0) is 16.5. The molecule has 24 heavy (non-hydrogen) atoms. The van der Waals surface area contributed by atoms with Crippen molar-refractivity contribution in [2.24, 2.45) is 0 Å². The number of carbonyl (C=O) groups is 2. The van der Waals surface area contributed by atoms with Crippen LogP contribution in [0.3, 0.4) is 0 Å². The lowest BCUT2D eigenvalue weighted by Crippen LogP contribution is -2.45. The Morgan fingerprint density at radius 1 is 1.25 bits per heavy atom. The number of rotatable bonds is 3. The first-order valence-electron chi connectivity index (χ1n) is 8.62. The molecule has 126 valence electrons. The van der Waals surface area contributed by atoms with Crippen molar-refractivity contribution >= 4 is 22.9 Å². The van der Waals surface area contributed by atoms with Crippen molar-refractivity contribution in [1.82, 2.24) is 14.8 Å². The largest absolute Gasteiger partial charge is 0.440 e. The van der Waals surface area contributed by atoms with Crippen LogP contribution in [0.25, 0.3) is 11.1 Å². The molecule has 0 N–H and O–H groups in total. The molecule has 3 heterocycles. The summed E-state index contributed by atoms with van der Waals surface area (Å²) < 4.78 is 5.87. The molecule has 6 heteroatoms. The fourth-order valence-electron chi connectivity index (χ4n) is 3.60. The number of benzene rings is 1. The Morgan fingerprint density at radius 3 is 2.92 bits per heavy atom. The van der Waals surface area contributed by atoms with Crippen molar-refractivity contribution in [3.8, 4) is 0 Å². The Bertz CT molecular complexity index is 737. The smallest absolute Gasteiger partial charge is 0.242 e. The highest BCUT2D eigenvalue weighted by molar-refractivity contribution is 5.86. The number of oxazole rings is 1. The molecule has 1 aromatic carbocycles. The first kappa shape index (κ1) is 15.2. The van der Waals surface area contributed by atoms with Gasteiger partial charge in [-0.15, -0.1) is 0 Å². The van der Waals surface area contributed by atoms with Crippen molar-refractivity contribution in [1.29, 1.82) is 0 Å². The maximum Gasteiger partial charge on any atom is 0.242 e. The van der Waals surface area contributed by atoms with Crippen molar-refractivity contribution < 1.29 is 14.0 Å². The van der Waals surface area contributed by atoms with E-state index >= 15 is 0 Å². The third kappa shape index (κ3) is 2.88. The molecule has 0 spiro atoms. The number of piperidine rings is 1. The highest BCUT2D eigenvalue weighted by atomic mass is 16.3. The van der Waals surface area contributed by atoms with Crippen molar-refractivity contribution in [2.75, 3.05) is 26.2 Å². The van der Waals surface area contributed by atoms with E-state index in [0.717, 1.165) is 36.9 Å². The Kier molecular flexibility index (Phi) is 3.96. The molecule has 0 aliphatic carbocycles. The Morgan fingerprint density at radius 2 is 2.12 bits per heavy atom. The lowest BCUT2D eigenvalue weighted by molar-refractivity contribution is -0.139. The van der Waals surface area contributed by atoms with Crippen LogP contribution >= 0.6 is 0 Å². The van der Waals surface area contributed by atoms with Crippen molar-refractivity contribution in [3.63, 3.8) is 0 Å². The number of nitrogens with zero attached hydrogens (tertiary/aromatic N) is 3. The maximum absolute atomic E-state index is 12.5. The summed E-state index contributed by atoms with van der Waals surface area (Å²) in [5.41, 5.74) is 1.65. The molecule has 1 atom stereocenters. The van der Waals surface area contributed by atoms with Crippen molar-refractivity contribution in [2.45, 2.75) is 31.6 Å². The second kappa shape index (κ2) is 6.26. The molecule has 2 aliphatic rings. The average molecular weight is 327 g/mol. The molecule has 0 unspecified atom stereocenters. The molecule has 6 nitrogen and oxygen atoms in total. The molecular formula is C18H21N3O3. The number of hydrogen-bond acceptors (Lipinski definition) is 4. The van der Waals surface area contributed by atoms with Crippen LogP contribution in [0.4, 0.5) is 0 Å². The van der Waals surface area contributed by atoms with Gasteiger partial charge in [-0.25, -0.2) is 4.98 Å². The van der Waals surface area contributed by atoms with Crippen LogP contribution in [0.15, 0.2) is 28.7 Å². The van der Waals surface area contributed by atoms with Crippen LogP contribution < -0.4 is 0 Å². The number of fused-ring (bicyclic) bond motifs is 1. The quantitative estimate of drug-likeness (QED) is 0.866. The number of hydrogen-bond donors (Lipinski definition) is 0. The summed E-state index contributed by atoms with van der Waals surface area (Å²) in [6.45, 7) is 2.28. The summed E-state index contributed by atoms with van der Waals surface area (Å²) >= 11 is 0. The number of amides is 2. The minimum absolute atomic E-state index is 0.0334. The predicted octanol–water partition coefficient (Wildman–Crippen LogP) is 2.16. The van der Waals surface area contributed by atoms with Crippen LogP contribution in [0.2, 0.25) is 0 Å². The topological polar surface area (TPSA) is 66.7 Å². The summed E-state index contributed by atoms with van der Waals surface area (Å²) in [5.74, 6) is 0.970. The Labute approximate surface area is 140 Å². The first-order chi connectivity index (χ1) is 11.7. The molecule has 2 fully saturated rings. The minimum Gasteiger partial charge on any atom is -0.440 e. The van der Waals surface area contributed by atoms with Gasteiger partial charge in [-0.2, -0.15) is 0 Å². The number of para-hydroxylation sites is 2. The van der Waals surface area contributed by atoms with E-state index < -0.39 is 0 Å². The van der Waals surface area contributed by atoms with E-state index in [1.807, 2.05) is 29.2 Å². The van der Waals surface area contributed by atoms with E-state index in [0.29, 0.717) is 25.4 Å². The van der Waals surface area contributed by atoms with Gasteiger partial charge in [0.15, 0.2) is 11.5 Å². The highest BCUT2D eigenvalue weighted by Crippen LogP contribution is 2.29. The molecular weight excluding hydrogens is 306 g/mol. The van der Waals surface area contributed by atoms with Crippen LogP contribution in [0.1, 0.15) is 37.5 Å². The van der Waals surface area contributed by atoms with E-state index in [1.54, 1.807) is 4.90 Å². The maximum atomic E-state index is 12.5. The van der Waals surface area contributed by atoms with Gasteiger partial charge in [0.25, 0.3) is 0 Å². The predicted molar refractivity (Wildman–Crippen MR) is 88.4 cm³/mol. The van der Waals surface area contributed by atoms with Crippen LogP contribution in [0, 0.1) is 0 Å². The molecule has 2 aromatic rings. The van der Waals surface area contributed by atoms with Gasteiger partial charge in [-0.05, 0) is 31.4 Å². The lowest BCUT2D eigenvalue weighted by atomic mass is 9.98. The molecule has 0 bridgehead atoms. The van der Waals surface area contributed by atoms with Gasteiger partial charge >= 0.3 is 0 Å². The summed E-state index contributed by atoms with van der Waals surface area (Å²) in [4.78, 5) is 32.3. The molecule has 1 aromatic heterocycles. The molecule has 2 amide bonds. The summed E-state index contributed by atoms with van der Waals surface area (Å²) in [6, 6.07) is 7.73. The van der Waals surface area contributed by atoms with Gasteiger partial charge in [-0.1, -0.05) is 12.1 Å². The van der Waals surface area contributed by atoms with Crippen LogP contribution in [-0.2, 0) is 9.59 Å². The minimum atomic E-state index is 0.0334. The zero-order valence-corrected chi connectivity index (χ0v) is 13.6. The summed E-state index contributed by atoms with van der Waals surface area (Å²) in [7, 11) is 0. The van der Waals surface area contributed by atoms with E-state index in [2.05, 4.69) is 4.98 Å². The molecule has 0 radical (unpaired) electrons. The average Bonchev–Trinajstić information content (AvgIpc) is 3.21. The molecule has 0 saturated carbocycles. The van der Waals surface area contributed by atoms with Crippen LogP contribution in [-0.4, -0.2) is 52.8 Å². The number of aromatic nitrogens is 1. The van der Waals surface area contributed by atoms with E-state index in [4.69, 9.17) is 4.42 Å². The highest BCUT2D eigenvalue weighted by Gasteiger charge is 2.30. The third-order valence-electron chi connectivity index (χ3n) is 4.93. The van der Waals surface area contributed by atoms with Gasteiger partial charge in [0.05, 0.1) is 12.5 Å². The second-order valence-corrected chi connectivity index (χ2v) is 6.62. The first-order valence-corrected chi connectivity index (χ1v) is 8.62. The Balaban J connectivity index is 1.45. The molecule has 4 rings (SSSR count). The standard InChI is InChI=1S/C18H21N3O3/c22-16-8-4-10-21(16)12-17(23)20-9-3-5-13(11-20)18-19-14-6-1-2-7-15(14)24-18/h1-2,6-7,13H,3-5,8-12H2/t13-/m1/s1. The number of carbonyl (C=O) groups excluding carboxylic acids is 2. The summed E-state index contributed by atoms with van der Waals surface area (Å²) in [6.07, 6.45) is 3.33. The van der Waals surface area contributed by atoms with Gasteiger partial charge in [-0.3, -0.25) is 9.59 Å². The monoisotopic (exact) mass is 327 g/mol. The Hall–Kier alpha value is -2.37. The van der Waals surface area contributed by atoms with E-state index in [9.17, 15) is 9.59 Å². The van der Waals surface area contributed by atoms with Gasteiger partial charge in [0.2, 0.25) is 11.8 Å². The number of likely N-dealkylation sites (tertiary alicyclic amines) is 2. The van der Waals surface area contributed by atoms with Crippen molar-refractivity contribution in [3.05, 3.63) is 30.2 Å². The van der Waals surface area contributed by atoms with E-state index in [1.165, 1.54) is 0 Å². The lowest BCUT2D eigenvalue weighted by Gasteiger charge is -2.32. The van der Waals surface area contributed by atoms with Gasteiger partial charge in [0, 0.05) is 26.1 Å². The van der Waals surface area contributed by atoms with Crippen LogP contribution in [0.5, 0.6) is 0 Å². The van der Waals surface area contributed by atoms with Gasteiger partial charge < -0.3 is 14.2 Å². The molecule has 2 saturated heterocycles. The molecule has 2 aliphatic heterocycles. The fraction of sp³-hybridized carbons (Fsp3) is 0.500. The summed E-state index contributed by atoms with van der Waals surface area (Å²) in [5, 5.41) is 0. The third-order valence-corrected chi connectivity index (χ3v) is 4.93. The fourth-order valence-corrected chi connectivity index (χ4v) is 3.60. The second-order valence-electron chi connectivity index (χ2n) is 6.62. The SMILES string of the molecule is O=C1CCCN1CC(=O)N1CCC[C@@H](c2nc3ccccc3o2)C1.